The average molecular weight is 422 g/mol. The summed E-state index contributed by atoms with van der Waals surface area (Å²) >= 11 is 1.33. The van der Waals surface area contributed by atoms with Crippen LogP contribution in [0.2, 0.25) is 0 Å². The third-order valence-electron chi connectivity index (χ3n) is 4.29. The van der Waals surface area contributed by atoms with Crippen molar-refractivity contribution < 1.29 is 9.53 Å². The fourth-order valence-corrected chi connectivity index (χ4v) is 3.59. The van der Waals surface area contributed by atoms with Crippen molar-refractivity contribution in [1.82, 2.24) is 14.8 Å². The number of nitrogens with one attached hydrogen (secondary N) is 1. The Morgan fingerprint density at radius 1 is 1.27 bits per heavy atom. The summed E-state index contributed by atoms with van der Waals surface area (Å²) in [5.41, 5.74) is 1.61. The topological polar surface area (TPSA) is 92.8 Å². The minimum atomic E-state index is -0.505. The van der Waals surface area contributed by atoms with E-state index in [0.717, 1.165) is 35.7 Å². The number of hydrogen-bond donors (Lipinski definition) is 1. The number of nitriles is 1. The number of carbonyl (C=O) groups is 1. The van der Waals surface area contributed by atoms with Gasteiger partial charge < -0.3 is 9.30 Å². The van der Waals surface area contributed by atoms with E-state index in [0.29, 0.717) is 17.4 Å². The molecule has 2 aromatic heterocycles. The molecule has 0 radical (unpaired) electrons. The van der Waals surface area contributed by atoms with E-state index in [-0.39, 0.29) is 5.57 Å². The van der Waals surface area contributed by atoms with Crippen molar-refractivity contribution in [2.45, 2.75) is 33.1 Å². The van der Waals surface area contributed by atoms with E-state index in [4.69, 9.17) is 4.74 Å². The molecule has 0 bridgehead atoms. The highest BCUT2D eigenvalue weighted by Crippen LogP contribution is 2.21. The summed E-state index contributed by atoms with van der Waals surface area (Å²) in [5.74, 6) is 0.285. The van der Waals surface area contributed by atoms with Crippen LogP contribution in [0.1, 0.15) is 37.4 Å². The molecular formula is C22H23N5O2S. The summed E-state index contributed by atoms with van der Waals surface area (Å²) in [7, 11) is 0. The lowest BCUT2D eigenvalue weighted by atomic mass is 10.2. The number of carbonyl (C=O) groups excluding carboxylic acids is 1. The molecule has 0 fully saturated rings. The lowest BCUT2D eigenvalue weighted by molar-refractivity contribution is -0.112. The van der Waals surface area contributed by atoms with E-state index in [1.165, 1.54) is 11.3 Å². The zero-order valence-corrected chi connectivity index (χ0v) is 17.8. The van der Waals surface area contributed by atoms with Crippen molar-refractivity contribution >= 4 is 28.5 Å². The molecule has 1 amide bonds. The van der Waals surface area contributed by atoms with E-state index in [2.05, 4.69) is 22.4 Å². The second-order valence-corrected chi connectivity index (χ2v) is 7.52. The van der Waals surface area contributed by atoms with E-state index in [9.17, 15) is 10.1 Å². The Hall–Kier alpha value is -3.44. The van der Waals surface area contributed by atoms with Crippen molar-refractivity contribution in [1.29, 1.82) is 5.26 Å². The number of ether oxygens (including phenoxy) is 1. The number of aryl methyl sites for hydroxylation is 1. The SMILES string of the molecule is CCCCc1nnc(NC(=O)C(C#N)=Cc2cccn2-c2ccc(OCC)cc2)s1. The molecule has 2 heterocycles. The molecule has 8 heteroatoms. The normalized spacial score (nSPS) is 11.2. The highest BCUT2D eigenvalue weighted by molar-refractivity contribution is 7.15. The Labute approximate surface area is 179 Å². The van der Waals surface area contributed by atoms with Crippen LogP contribution in [-0.4, -0.2) is 27.3 Å². The smallest absolute Gasteiger partial charge is 0.268 e. The molecule has 1 N–H and O–H groups in total. The van der Waals surface area contributed by atoms with Gasteiger partial charge in [0.2, 0.25) is 5.13 Å². The maximum absolute atomic E-state index is 12.6. The maximum Gasteiger partial charge on any atom is 0.268 e. The highest BCUT2D eigenvalue weighted by atomic mass is 32.1. The molecule has 0 aliphatic carbocycles. The van der Waals surface area contributed by atoms with Crippen LogP contribution < -0.4 is 10.1 Å². The quantitative estimate of drug-likeness (QED) is 0.402. The first kappa shape index (κ1) is 21.3. The first-order chi connectivity index (χ1) is 14.6. The first-order valence-electron chi connectivity index (χ1n) is 9.80. The minimum absolute atomic E-state index is 0.00815. The van der Waals surface area contributed by atoms with Gasteiger partial charge in [-0.15, -0.1) is 10.2 Å². The van der Waals surface area contributed by atoms with Gasteiger partial charge in [0.15, 0.2) is 0 Å². The molecular weight excluding hydrogens is 398 g/mol. The fourth-order valence-electron chi connectivity index (χ4n) is 2.81. The summed E-state index contributed by atoms with van der Waals surface area (Å²) in [6, 6.07) is 13.3. The first-order valence-corrected chi connectivity index (χ1v) is 10.6. The summed E-state index contributed by atoms with van der Waals surface area (Å²) in [5, 5.41) is 21.5. The van der Waals surface area contributed by atoms with Crippen molar-refractivity contribution in [3.05, 3.63) is 58.9 Å². The monoisotopic (exact) mass is 421 g/mol. The van der Waals surface area contributed by atoms with E-state index in [1.54, 1.807) is 6.08 Å². The summed E-state index contributed by atoms with van der Waals surface area (Å²) in [4.78, 5) is 12.6. The standard InChI is InChI=1S/C22H23N5O2S/c1-3-5-8-20-25-26-22(30-20)24-21(28)16(15-23)14-18-7-6-13-27(18)17-9-11-19(12-10-17)29-4-2/h6-7,9-14H,3-5,8H2,1-2H3,(H,24,26,28). The van der Waals surface area contributed by atoms with E-state index >= 15 is 0 Å². The van der Waals surface area contributed by atoms with Gasteiger partial charge in [-0.3, -0.25) is 10.1 Å². The third-order valence-corrected chi connectivity index (χ3v) is 5.19. The highest BCUT2D eigenvalue weighted by Gasteiger charge is 2.14. The summed E-state index contributed by atoms with van der Waals surface area (Å²) in [6.07, 6.45) is 6.36. The lowest BCUT2D eigenvalue weighted by Crippen LogP contribution is -2.13. The molecule has 0 saturated carbocycles. The van der Waals surface area contributed by atoms with Crippen molar-refractivity contribution in [2.24, 2.45) is 0 Å². The van der Waals surface area contributed by atoms with Crippen LogP contribution in [0.5, 0.6) is 5.75 Å². The molecule has 0 saturated heterocycles. The molecule has 0 aliphatic rings. The molecule has 1 aromatic carbocycles. The van der Waals surface area contributed by atoms with E-state index < -0.39 is 5.91 Å². The predicted molar refractivity (Wildman–Crippen MR) is 118 cm³/mol. The number of unbranched alkanes of at least 4 members (excludes halogenated alkanes) is 1. The van der Waals surface area contributed by atoms with Crippen LogP contribution in [0.15, 0.2) is 48.2 Å². The Bertz CT molecular complexity index is 1060. The Morgan fingerprint density at radius 2 is 2.07 bits per heavy atom. The molecule has 0 spiro atoms. The molecule has 7 nitrogen and oxygen atoms in total. The average Bonchev–Trinajstić information content (AvgIpc) is 3.40. The summed E-state index contributed by atoms with van der Waals surface area (Å²) in [6.45, 7) is 4.65. The zero-order chi connectivity index (χ0) is 21.3. The van der Waals surface area contributed by atoms with Gasteiger partial charge in [0.1, 0.15) is 22.4 Å². The van der Waals surface area contributed by atoms with Gasteiger partial charge in [-0.25, -0.2) is 0 Å². The van der Waals surface area contributed by atoms with Gasteiger partial charge in [-0.1, -0.05) is 24.7 Å². The van der Waals surface area contributed by atoms with Gasteiger partial charge in [0, 0.05) is 24.0 Å². The van der Waals surface area contributed by atoms with Gasteiger partial charge in [0.05, 0.1) is 6.61 Å². The third kappa shape index (κ3) is 5.33. The predicted octanol–water partition coefficient (Wildman–Crippen LogP) is 4.62. The van der Waals surface area contributed by atoms with E-state index in [1.807, 2.05) is 60.2 Å². The number of aromatic nitrogens is 3. The van der Waals surface area contributed by atoms with Gasteiger partial charge >= 0.3 is 0 Å². The van der Waals surface area contributed by atoms with Crippen LogP contribution in [0.4, 0.5) is 5.13 Å². The second-order valence-electron chi connectivity index (χ2n) is 6.46. The molecule has 154 valence electrons. The molecule has 3 aromatic rings. The van der Waals surface area contributed by atoms with Crippen molar-refractivity contribution in [2.75, 3.05) is 11.9 Å². The Morgan fingerprint density at radius 3 is 2.77 bits per heavy atom. The van der Waals surface area contributed by atoms with Crippen LogP contribution in [0.25, 0.3) is 11.8 Å². The van der Waals surface area contributed by atoms with Crippen molar-refractivity contribution in [3.63, 3.8) is 0 Å². The molecule has 0 aliphatic heterocycles. The molecule has 0 unspecified atom stereocenters. The second kappa shape index (κ2) is 10.4. The minimum Gasteiger partial charge on any atom is -0.494 e. The van der Waals surface area contributed by atoms with Crippen LogP contribution in [0.3, 0.4) is 0 Å². The van der Waals surface area contributed by atoms with Gasteiger partial charge in [-0.2, -0.15) is 5.26 Å². The Kier molecular flexibility index (Phi) is 7.35. The number of anilines is 1. The number of nitrogens with zero attached hydrogens (tertiary/aromatic N) is 4. The Balaban J connectivity index is 1.76. The zero-order valence-electron chi connectivity index (χ0n) is 17.0. The molecule has 0 atom stereocenters. The van der Waals surface area contributed by atoms with Gasteiger partial charge in [-0.05, 0) is 55.8 Å². The molecule has 3 rings (SSSR count). The number of amides is 1. The number of benzene rings is 1. The van der Waals surface area contributed by atoms with Crippen LogP contribution in [-0.2, 0) is 11.2 Å². The van der Waals surface area contributed by atoms with Crippen LogP contribution in [0, 0.1) is 11.3 Å². The molecule has 30 heavy (non-hydrogen) atoms. The van der Waals surface area contributed by atoms with Gasteiger partial charge in [0.25, 0.3) is 5.91 Å². The van der Waals surface area contributed by atoms with Crippen LogP contribution >= 0.6 is 11.3 Å². The number of rotatable bonds is 9. The summed E-state index contributed by atoms with van der Waals surface area (Å²) < 4.78 is 7.37. The van der Waals surface area contributed by atoms with Crippen molar-refractivity contribution in [3.8, 4) is 17.5 Å². The fraction of sp³-hybridized carbons (Fsp3) is 0.273. The number of hydrogen-bond acceptors (Lipinski definition) is 6. The lowest BCUT2D eigenvalue weighted by Gasteiger charge is -2.09. The largest absolute Gasteiger partial charge is 0.494 e. The maximum atomic E-state index is 12.6.